The molecule has 0 radical (unpaired) electrons. The molecule has 154 valence electrons. The Balaban J connectivity index is 1.73. The van der Waals surface area contributed by atoms with Gasteiger partial charge in [-0.05, 0) is 32.4 Å². The third-order valence-electron chi connectivity index (χ3n) is 4.76. The Bertz CT molecular complexity index is 983. The molecule has 0 aliphatic rings. The molecule has 2 atom stereocenters. The first-order valence-electron chi connectivity index (χ1n) is 9.50. The van der Waals surface area contributed by atoms with Gasteiger partial charge in [0.15, 0.2) is 11.0 Å². The molecule has 29 heavy (non-hydrogen) atoms. The highest BCUT2D eigenvalue weighted by atomic mass is 32.2. The molecule has 3 aromatic rings. The monoisotopic (exact) mass is 414 g/mol. The molecule has 9 heteroatoms. The maximum absolute atomic E-state index is 12.7. The third kappa shape index (κ3) is 4.45. The lowest BCUT2D eigenvalue weighted by Gasteiger charge is -2.16. The topological polar surface area (TPSA) is 86.9 Å². The van der Waals surface area contributed by atoms with Crippen molar-refractivity contribution in [3.05, 3.63) is 36.5 Å². The van der Waals surface area contributed by atoms with Crippen LogP contribution in [0.3, 0.4) is 0 Å². The molecule has 8 nitrogen and oxygen atoms in total. The second kappa shape index (κ2) is 9.13. The number of nitrogens with one attached hydrogen (secondary N) is 1. The van der Waals surface area contributed by atoms with Gasteiger partial charge >= 0.3 is 0 Å². The minimum absolute atomic E-state index is 0.109. The molecule has 0 aliphatic heterocycles. The number of hydrogen-bond acceptors (Lipinski definition) is 6. The fraction of sp³-hybridized carbons (Fsp3) is 0.400. The smallest absolute Gasteiger partial charge is 0.238 e. The average Bonchev–Trinajstić information content (AvgIpc) is 3.34. The number of thioether (sulfide) groups is 1. The highest BCUT2D eigenvalue weighted by Crippen LogP contribution is 2.31. The summed E-state index contributed by atoms with van der Waals surface area (Å²) in [7, 11) is 3.51. The number of ether oxygens (including phenoxy) is 1. The number of aromatic nitrogens is 5. The van der Waals surface area contributed by atoms with Crippen LogP contribution in [0.2, 0.25) is 0 Å². The summed E-state index contributed by atoms with van der Waals surface area (Å²) in [6.07, 6.45) is 2.63. The van der Waals surface area contributed by atoms with E-state index < -0.39 is 0 Å². The molecule has 0 fully saturated rings. The van der Waals surface area contributed by atoms with Crippen molar-refractivity contribution >= 4 is 23.5 Å². The molecular weight excluding hydrogens is 388 g/mol. The van der Waals surface area contributed by atoms with Crippen LogP contribution in [0.25, 0.3) is 11.4 Å². The van der Waals surface area contributed by atoms with Crippen LogP contribution in [0.4, 0.5) is 5.82 Å². The molecule has 0 aliphatic carbocycles. The van der Waals surface area contributed by atoms with E-state index in [0.29, 0.717) is 16.8 Å². The number of methoxy groups -OCH3 is 1. The summed E-state index contributed by atoms with van der Waals surface area (Å²) in [4.78, 5) is 12.7. The van der Waals surface area contributed by atoms with Gasteiger partial charge in [-0.3, -0.25) is 4.79 Å². The molecule has 1 aromatic carbocycles. The maximum atomic E-state index is 12.7. The van der Waals surface area contributed by atoms with Gasteiger partial charge in [0.05, 0.1) is 30.2 Å². The largest absolute Gasteiger partial charge is 0.496 e. The zero-order chi connectivity index (χ0) is 21.0. The summed E-state index contributed by atoms with van der Waals surface area (Å²) >= 11 is 1.36. The Morgan fingerprint density at radius 2 is 2.00 bits per heavy atom. The number of para-hydroxylation sites is 1. The van der Waals surface area contributed by atoms with Crippen LogP contribution in [-0.2, 0) is 11.8 Å². The van der Waals surface area contributed by atoms with Crippen molar-refractivity contribution in [2.24, 2.45) is 7.05 Å². The average molecular weight is 415 g/mol. The van der Waals surface area contributed by atoms with E-state index in [9.17, 15) is 4.79 Å². The summed E-state index contributed by atoms with van der Waals surface area (Å²) < 4.78 is 9.12. The van der Waals surface area contributed by atoms with Gasteiger partial charge in [0.25, 0.3) is 0 Å². The van der Waals surface area contributed by atoms with Crippen molar-refractivity contribution in [2.75, 3.05) is 12.4 Å². The van der Waals surface area contributed by atoms with Gasteiger partial charge in [0.1, 0.15) is 11.6 Å². The van der Waals surface area contributed by atoms with Gasteiger partial charge in [-0.15, -0.1) is 10.2 Å². The minimum atomic E-state index is -0.358. The van der Waals surface area contributed by atoms with E-state index in [1.165, 1.54) is 11.8 Å². The first kappa shape index (κ1) is 20.9. The Hall–Kier alpha value is -2.81. The van der Waals surface area contributed by atoms with Gasteiger partial charge in [-0.2, -0.15) is 5.10 Å². The molecule has 0 spiro atoms. The second-order valence-corrected chi connectivity index (χ2v) is 8.04. The van der Waals surface area contributed by atoms with Crippen LogP contribution in [0.1, 0.15) is 33.2 Å². The lowest BCUT2D eigenvalue weighted by Crippen LogP contribution is -2.25. The SMILES string of the molecule is CC[C@H](C)n1nccc1NC(=O)[C@@H](C)Sc1nnc(-c2ccccc2OC)n1C. The van der Waals surface area contributed by atoms with Crippen molar-refractivity contribution < 1.29 is 9.53 Å². The molecule has 1 amide bonds. The Kier molecular flexibility index (Phi) is 6.58. The van der Waals surface area contributed by atoms with Gasteiger partial charge in [0.2, 0.25) is 5.91 Å². The van der Waals surface area contributed by atoms with E-state index in [1.54, 1.807) is 13.3 Å². The van der Waals surface area contributed by atoms with Gasteiger partial charge in [-0.1, -0.05) is 30.8 Å². The van der Waals surface area contributed by atoms with Crippen molar-refractivity contribution in [1.29, 1.82) is 0 Å². The molecule has 0 unspecified atom stereocenters. The fourth-order valence-corrected chi connectivity index (χ4v) is 3.67. The van der Waals surface area contributed by atoms with Crippen LogP contribution < -0.4 is 10.1 Å². The number of carbonyl (C=O) groups is 1. The number of anilines is 1. The highest BCUT2D eigenvalue weighted by Gasteiger charge is 2.22. The predicted molar refractivity (Wildman–Crippen MR) is 114 cm³/mol. The fourth-order valence-electron chi connectivity index (χ4n) is 2.86. The van der Waals surface area contributed by atoms with Gasteiger partial charge in [-0.25, -0.2) is 4.68 Å². The van der Waals surface area contributed by atoms with E-state index in [1.807, 2.05) is 53.6 Å². The zero-order valence-electron chi connectivity index (χ0n) is 17.3. The third-order valence-corrected chi connectivity index (χ3v) is 5.90. The number of hydrogen-bond donors (Lipinski definition) is 1. The molecular formula is C20H26N6O2S. The van der Waals surface area contributed by atoms with E-state index in [2.05, 4.69) is 34.5 Å². The number of amides is 1. The quantitative estimate of drug-likeness (QED) is 0.565. The van der Waals surface area contributed by atoms with Gasteiger partial charge in [0, 0.05) is 13.1 Å². The first-order valence-corrected chi connectivity index (χ1v) is 10.4. The minimum Gasteiger partial charge on any atom is -0.496 e. The van der Waals surface area contributed by atoms with Crippen LogP contribution in [0.5, 0.6) is 5.75 Å². The lowest BCUT2D eigenvalue weighted by atomic mass is 10.2. The molecule has 1 N–H and O–H groups in total. The highest BCUT2D eigenvalue weighted by molar-refractivity contribution is 8.00. The Morgan fingerprint density at radius 1 is 1.24 bits per heavy atom. The van der Waals surface area contributed by atoms with E-state index in [4.69, 9.17) is 4.74 Å². The number of nitrogens with zero attached hydrogens (tertiary/aromatic N) is 5. The Labute approximate surface area is 174 Å². The van der Waals surface area contributed by atoms with Crippen molar-refractivity contribution in [1.82, 2.24) is 24.5 Å². The molecule has 2 heterocycles. The van der Waals surface area contributed by atoms with Crippen molar-refractivity contribution in [2.45, 2.75) is 43.6 Å². The van der Waals surface area contributed by atoms with Crippen LogP contribution >= 0.6 is 11.8 Å². The standard InChI is InChI=1S/C20H26N6O2S/c1-6-13(2)26-17(11-12-21-26)22-19(27)14(3)29-20-24-23-18(25(20)4)15-9-7-8-10-16(15)28-5/h7-14H,6H2,1-5H3,(H,22,27)/t13-,14+/m0/s1. The molecule has 2 aromatic heterocycles. The maximum Gasteiger partial charge on any atom is 0.238 e. The van der Waals surface area contributed by atoms with Crippen molar-refractivity contribution in [3.63, 3.8) is 0 Å². The molecule has 0 bridgehead atoms. The van der Waals surface area contributed by atoms with Crippen LogP contribution in [0.15, 0.2) is 41.7 Å². The van der Waals surface area contributed by atoms with Crippen LogP contribution in [-0.4, -0.2) is 42.8 Å². The first-order chi connectivity index (χ1) is 14.0. The van der Waals surface area contributed by atoms with E-state index >= 15 is 0 Å². The predicted octanol–water partition coefficient (Wildman–Crippen LogP) is 3.78. The normalized spacial score (nSPS) is 13.1. The lowest BCUT2D eigenvalue weighted by molar-refractivity contribution is -0.115. The second-order valence-electron chi connectivity index (χ2n) is 6.73. The van der Waals surface area contributed by atoms with E-state index in [0.717, 1.165) is 17.7 Å². The van der Waals surface area contributed by atoms with Gasteiger partial charge < -0.3 is 14.6 Å². The molecule has 3 rings (SSSR count). The number of carbonyl (C=O) groups excluding carboxylic acids is 1. The zero-order valence-corrected chi connectivity index (χ0v) is 18.1. The summed E-state index contributed by atoms with van der Waals surface area (Å²) in [6, 6.07) is 9.67. The number of rotatable bonds is 8. The molecule has 0 saturated carbocycles. The summed E-state index contributed by atoms with van der Waals surface area (Å²) in [5, 5.41) is 16.1. The summed E-state index contributed by atoms with van der Waals surface area (Å²) in [5.74, 6) is 2.00. The van der Waals surface area contributed by atoms with Crippen LogP contribution in [0, 0.1) is 0 Å². The summed E-state index contributed by atoms with van der Waals surface area (Å²) in [6.45, 7) is 6.00. The molecule has 0 saturated heterocycles. The summed E-state index contributed by atoms with van der Waals surface area (Å²) in [5.41, 5.74) is 0.853. The van der Waals surface area contributed by atoms with E-state index in [-0.39, 0.29) is 17.2 Å². The van der Waals surface area contributed by atoms with Crippen molar-refractivity contribution in [3.8, 4) is 17.1 Å². The Morgan fingerprint density at radius 3 is 2.72 bits per heavy atom. The number of benzene rings is 1.